The van der Waals surface area contributed by atoms with Gasteiger partial charge < -0.3 is 14.8 Å². The summed E-state index contributed by atoms with van der Waals surface area (Å²) in [7, 11) is 0. The molecule has 0 saturated heterocycles. The lowest BCUT2D eigenvalue weighted by Gasteiger charge is -2.16. The van der Waals surface area contributed by atoms with E-state index in [1.54, 1.807) is 0 Å². The Morgan fingerprint density at radius 1 is 1.15 bits per heavy atom. The van der Waals surface area contributed by atoms with E-state index in [4.69, 9.17) is 0 Å². The molecule has 1 aromatic rings. The average molecular weight is 293 g/mol. The topological polar surface area (TPSA) is 30.5 Å². The van der Waals surface area contributed by atoms with Crippen LogP contribution in [0.5, 0.6) is 11.5 Å². The number of halogens is 4. The number of hydrogen-bond acceptors (Lipinski definition) is 3. The van der Waals surface area contributed by atoms with Crippen molar-refractivity contribution in [2.75, 3.05) is 0 Å². The highest BCUT2D eigenvalue weighted by molar-refractivity contribution is 5.41. The quantitative estimate of drug-likeness (QED) is 0.780. The van der Waals surface area contributed by atoms with Crippen molar-refractivity contribution in [3.8, 4) is 11.5 Å². The van der Waals surface area contributed by atoms with Crippen molar-refractivity contribution in [1.29, 1.82) is 0 Å². The lowest BCUT2D eigenvalue weighted by Crippen LogP contribution is -2.27. The molecular formula is C13H15F4NO2. The zero-order chi connectivity index (χ0) is 14.8. The summed E-state index contributed by atoms with van der Waals surface area (Å²) in [6.45, 7) is -3.68. The highest BCUT2D eigenvalue weighted by atomic mass is 19.3. The van der Waals surface area contributed by atoms with Crippen molar-refractivity contribution >= 4 is 0 Å². The Morgan fingerprint density at radius 3 is 2.35 bits per heavy atom. The third-order valence-corrected chi connectivity index (χ3v) is 3.19. The molecule has 20 heavy (non-hydrogen) atoms. The molecule has 7 heteroatoms. The number of ether oxygens (including phenoxy) is 2. The van der Waals surface area contributed by atoms with Gasteiger partial charge in [-0.3, -0.25) is 0 Å². The summed E-state index contributed by atoms with van der Waals surface area (Å²) in [5, 5.41) is 3.21. The van der Waals surface area contributed by atoms with E-state index >= 15 is 0 Å². The maximum Gasteiger partial charge on any atom is 0.387 e. The zero-order valence-electron chi connectivity index (χ0n) is 10.8. The third kappa shape index (κ3) is 4.26. The first-order valence-electron chi connectivity index (χ1n) is 6.15. The van der Waals surface area contributed by atoms with Crippen molar-refractivity contribution in [2.45, 2.75) is 45.1 Å². The highest BCUT2D eigenvalue weighted by Gasteiger charge is 2.36. The molecule has 2 rings (SSSR count). The highest BCUT2D eigenvalue weighted by Crippen LogP contribution is 2.35. The zero-order valence-corrected chi connectivity index (χ0v) is 10.8. The van der Waals surface area contributed by atoms with Crippen LogP contribution in [0.4, 0.5) is 17.6 Å². The monoisotopic (exact) mass is 293 g/mol. The second kappa shape index (κ2) is 5.87. The van der Waals surface area contributed by atoms with Gasteiger partial charge in [0.25, 0.3) is 0 Å². The second-order valence-corrected chi connectivity index (χ2v) is 4.94. The molecule has 0 radical (unpaired) electrons. The Kier molecular flexibility index (Phi) is 4.37. The fourth-order valence-electron chi connectivity index (χ4n) is 1.74. The van der Waals surface area contributed by atoms with Gasteiger partial charge in [-0.25, -0.2) is 0 Å². The smallest absolute Gasteiger partial charge is 0.387 e. The minimum absolute atomic E-state index is 0.0280. The Morgan fingerprint density at radius 2 is 1.80 bits per heavy atom. The van der Waals surface area contributed by atoms with Crippen molar-refractivity contribution in [3.63, 3.8) is 0 Å². The fraction of sp³-hybridized carbons (Fsp3) is 0.538. The molecule has 1 fully saturated rings. The number of rotatable bonds is 7. The van der Waals surface area contributed by atoms with E-state index in [9.17, 15) is 17.6 Å². The van der Waals surface area contributed by atoms with Gasteiger partial charge in [-0.1, -0.05) is 6.07 Å². The Labute approximate surface area is 113 Å². The van der Waals surface area contributed by atoms with Crippen LogP contribution < -0.4 is 14.8 Å². The normalized spacial score (nSPS) is 16.6. The molecule has 112 valence electrons. The second-order valence-electron chi connectivity index (χ2n) is 4.94. The summed E-state index contributed by atoms with van der Waals surface area (Å²) >= 11 is 0. The van der Waals surface area contributed by atoms with E-state index in [-0.39, 0.29) is 17.0 Å². The Hall–Kier alpha value is -1.50. The van der Waals surface area contributed by atoms with Gasteiger partial charge in [0.15, 0.2) is 0 Å². The van der Waals surface area contributed by atoms with Crippen LogP contribution in [0.3, 0.4) is 0 Å². The molecule has 0 atom stereocenters. The van der Waals surface area contributed by atoms with E-state index in [0.717, 1.165) is 18.9 Å². The SMILES string of the molecule is CC1(NCc2ccc(OC(F)F)cc2OC(F)F)CC1. The van der Waals surface area contributed by atoms with Crippen LogP contribution in [0, 0.1) is 0 Å². The van der Waals surface area contributed by atoms with E-state index < -0.39 is 13.2 Å². The molecular weight excluding hydrogens is 278 g/mol. The van der Waals surface area contributed by atoms with E-state index in [2.05, 4.69) is 14.8 Å². The van der Waals surface area contributed by atoms with E-state index in [1.807, 2.05) is 6.92 Å². The number of nitrogens with one attached hydrogen (secondary N) is 1. The van der Waals surface area contributed by atoms with Gasteiger partial charge in [0.05, 0.1) is 0 Å². The molecule has 0 heterocycles. The number of alkyl halides is 4. The predicted molar refractivity (Wildman–Crippen MR) is 64.2 cm³/mol. The summed E-state index contributed by atoms with van der Waals surface area (Å²) in [5.41, 5.74) is 0.500. The molecule has 3 nitrogen and oxygen atoms in total. The first kappa shape index (κ1) is 14.9. The van der Waals surface area contributed by atoms with Gasteiger partial charge in [-0.05, 0) is 25.8 Å². The lowest BCUT2D eigenvalue weighted by atomic mass is 10.1. The first-order chi connectivity index (χ1) is 9.38. The maximum atomic E-state index is 12.3. The van der Waals surface area contributed by atoms with Gasteiger partial charge in [0, 0.05) is 23.7 Å². The average Bonchev–Trinajstić information content (AvgIpc) is 3.05. The maximum absolute atomic E-state index is 12.3. The number of hydrogen-bond donors (Lipinski definition) is 1. The summed E-state index contributed by atoms with van der Waals surface area (Å²) in [6, 6.07) is 3.79. The molecule has 1 aliphatic rings. The van der Waals surface area contributed by atoms with Gasteiger partial charge in [-0.2, -0.15) is 17.6 Å². The standard InChI is InChI=1S/C13H15F4NO2/c1-13(4-5-13)18-7-8-2-3-9(19-11(14)15)6-10(8)20-12(16)17/h2-3,6,11-12,18H,4-5,7H2,1H3. The van der Waals surface area contributed by atoms with Crippen LogP contribution in [0.2, 0.25) is 0 Å². The molecule has 0 amide bonds. The van der Waals surface area contributed by atoms with Crippen molar-refractivity contribution in [3.05, 3.63) is 23.8 Å². The molecule has 0 bridgehead atoms. The Bertz CT molecular complexity index is 464. The van der Waals surface area contributed by atoms with Gasteiger partial charge >= 0.3 is 13.2 Å². The van der Waals surface area contributed by atoms with Crippen LogP contribution in [0.25, 0.3) is 0 Å². The van der Waals surface area contributed by atoms with Crippen molar-refractivity contribution in [1.82, 2.24) is 5.32 Å². The van der Waals surface area contributed by atoms with Crippen molar-refractivity contribution in [2.24, 2.45) is 0 Å². The minimum atomic E-state index is -3.02. The molecule has 0 aromatic heterocycles. The summed E-state index contributed by atoms with van der Waals surface area (Å²) in [4.78, 5) is 0. The van der Waals surface area contributed by atoms with Crippen LogP contribution in [-0.4, -0.2) is 18.8 Å². The third-order valence-electron chi connectivity index (χ3n) is 3.19. The largest absolute Gasteiger partial charge is 0.435 e. The van der Waals surface area contributed by atoms with E-state index in [0.29, 0.717) is 12.1 Å². The molecule has 1 N–H and O–H groups in total. The van der Waals surface area contributed by atoms with Crippen LogP contribution in [0.1, 0.15) is 25.3 Å². The molecule has 0 aliphatic heterocycles. The van der Waals surface area contributed by atoms with Crippen LogP contribution in [-0.2, 0) is 6.54 Å². The fourth-order valence-corrected chi connectivity index (χ4v) is 1.74. The van der Waals surface area contributed by atoms with Gasteiger partial charge in [-0.15, -0.1) is 0 Å². The van der Waals surface area contributed by atoms with Crippen LogP contribution in [0.15, 0.2) is 18.2 Å². The Balaban J connectivity index is 2.11. The molecule has 0 spiro atoms. The van der Waals surface area contributed by atoms with E-state index in [1.165, 1.54) is 12.1 Å². The lowest BCUT2D eigenvalue weighted by molar-refractivity contribution is -0.0546. The first-order valence-corrected chi connectivity index (χ1v) is 6.15. The summed E-state index contributed by atoms with van der Waals surface area (Å²) in [6.07, 6.45) is 2.04. The van der Waals surface area contributed by atoms with Gasteiger partial charge in [0.1, 0.15) is 11.5 Å². The minimum Gasteiger partial charge on any atom is -0.435 e. The predicted octanol–water partition coefficient (Wildman–Crippen LogP) is 3.53. The van der Waals surface area contributed by atoms with Crippen molar-refractivity contribution < 1.29 is 27.0 Å². The summed E-state index contributed by atoms with van der Waals surface area (Å²) < 4.78 is 57.4. The molecule has 1 saturated carbocycles. The summed E-state index contributed by atoms with van der Waals surface area (Å²) in [5.74, 6) is -0.369. The number of benzene rings is 1. The molecule has 1 aliphatic carbocycles. The molecule has 1 aromatic carbocycles. The molecule has 0 unspecified atom stereocenters. The van der Waals surface area contributed by atoms with Crippen LogP contribution >= 0.6 is 0 Å². The van der Waals surface area contributed by atoms with Gasteiger partial charge in [0.2, 0.25) is 0 Å².